The van der Waals surface area contributed by atoms with E-state index in [1.165, 1.54) is 4.90 Å². The van der Waals surface area contributed by atoms with E-state index >= 15 is 0 Å². The normalized spacial score (nSPS) is 16.2. The molecule has 2 N–H and O–H groups in total. The van der Waals surface area contributed by atoms with E-state index in [9.17, 15) is 19.2 Å². The first-order chi connectivity index (χ1) is 14.8. The number of hydrogen-bond donors (Lipinski definition) is 2. The van der Waals surface area contributed by atoms with E-state index in [2.05, 4.69) is 10.3 Å². The summed E-state index contributed by atoms with van der Waals surface area (Å²) in [6.07, 6.45) is 1.71. The molecular weight excluding hydrogens is 402 g/mol. The minimum Gasteiger partial charge on any atom is -0.487 e. The van der Waals surface area contributed by atoms with Crippen LogP contribution in [0.2, 0.25) is 0 Å². The Kier molecular flexibility index (Phi) is 6.96. The van der Waals surface area contributed by atoms with Crippen molar-refractivity contribution in [2.75, 3.05) is 13.1 Å². The Labute approximate surface area is 179 Å². The predicted molar refractivity (Wildman–Crippen MR) is 109 cm³/mol. The van der Waals surface area contributed by atoms with Gasteiger partial charge in [0.25, 0.3) is 0 Å². The van der Waals surface area contributed by atoms with Crippen molar-refractivity contribution in [1.29, 1.82) is 0 Å². The third kappa shape index (κ3) is 5.88. The number of carbonyl (C=O) groups excluding carboxylic acids is 3. The number of carbonyl (C=O) groups is 4. The average Bonchev–Trinajstić information content (AvgIpc) is 2.75. The van der Waals surface area contributed by atoms with Gasteiger partial charge >= 0.3 is 5.97 Å². The summed E-state index contributed by atoms with van der Waals surface area (Å²) in [5, 5.41) is 10.8. The van der Waals surface area contributed by atoms with Gasteiger partial charge in [-0.25, -0.2) is 0 Å². The molecule has 0 bridgehead atoms. The first kappa shape index (κ1) is 21.9. The van der Waals surface area contributed by atoms with E-state index in [-0.39, 0.29) is 19.5 Å². The molecule has 2 heterocycles. The minimum atomic E-state index is -1.50. The van der Waals surface area contributed by atoms with Gasteiger partial charge in [-0.05, 0) is 30.2 Å². The number of carboxylic acid groups (broad SMARTS) is 1. The average molecular weight is 425 g/mol. The zero-order valence-electron chi connectivity index (χ0n) is 17.0. The molecule has 1 unspecified atom stereocenters. The number of aryl methyl sites for hydroxylation is 1. The second kappa shape index (κ2) is 9.84. The molecule has 0 aliphatic carbocycles. The number of aliphatic carboxylic acids is 1. The zero-order valence-corrected chi connectivity index (χ0v) is 17.0. The SMILES string of the molecule is Cc1ccc(OCc2ccc(CN3CCC(=O)C(C(=O)NCC(=O)O)C3=O)cc2)cn1. The number of nitrogens with one attached hydrogen (secondary N) is 1. The second-order valence-corrected chi connectivity index (χ2v) is 7.26. The quantitative estimate of drug-likeness (QED) is 0.606. The summed E-state index contributed by atoms with van der Waals surface area (Å²) < 4.78 is 5.70. The third-order valence-electron chi connectivity index (χ3n) is 4.87. The van der Waals surface area contributed by atoms with E-state index < -0.39 is 36.0 Å². The number of rotatable bonds is 8. The first-order valence-corrected chi connectivity index (χ1v) is 9.78. The van der Waals surface area contributed by atoms with Gasteiger partial charge in [-0.3, -0.25) is 24.2 Å². The van der Waals surface area contributed by atoms with Crippen LogP contribution < -0.4 is 10.1 Å². The maximum Gasteiger partial charge on any atom is 0.322 e. The summed E-state index contributed by atoms with van der Waals surface area (Å²) in [5.74, 6) is -4.06. The fraction of sp³-hybridized carbons (Fsp3) is 0.318. The van der Waals surface area contributed by atoms with Crippen molar-refractivity contribution >= 4 is 23.6 Å². The van der Waals surface area contributed by atoms with Crippen LogP contribution in [0.3, 0.4) is 0 Å². The van der Waals surface area contributed by atoms with Crippen molar-refractivity contribution in [3.63, 3.8) is 0 Å². The summed E-state index contributed by atoms with van der Waals surface area (Å²) in [6, 6.07) is 11.2. The molecule has 2 amide bonds. The number of Topliss-reactive ketones (excluding diaryl/α,β-unsaturated/α-hetero) is 1. The Morgan fingerprint density at radius 1 is 1.16 bits per heavy atom. The Morgan fingerprint density at radius 3 is 2.52 bits per heavy atom. The van der Waals surface area contributed by atoms with Crippen LogP contribution in [0.1, 0.15) is 23.2 Å². The van der Waals surface area contributed by atoms with E-state index in [4.69, 9.17) is 9.84 Å². The lowest BCUT2D eigenvalue weighted by molar-refractivity contribution is -0.152. The standard InChI is InChI=1S/C22H23N3O6/c1-14-2-7-17(10-23-14)31-13-16-5-3-15(4-6-16)12-25-9-8-18(26)20(22(25)30)21(29)24-11-19(27)28/h2-7,10,20H,8-9,11-13H2,1H3,(H,24,29)(H,27,28). The molecule has 2 aromatic rings. The molecule has 3 rings (SSSR count). The number of carboxylic acids is 1. The maximum atomic E-state index is 12.6. The Balaban J connectivity index is 1.57. The number of ketones is 1. The molecule has 162 valence electrons. The van der Waals surface area contributed by atoms with Gasteiger partial charge < -0.3 is 20.1 Å². The first-order valence-electron chi connectivity index (χ1n) is 9.78. The topological polar surface area (TPSA) is 126 Å². The van der Waals surface area contributed by atoms with Crippen LogP contribution in [0.5, 0.6) is 5.75 Å². The summed E-state index contributed by atoms with van der Waals surface area (Å²) in [7, 11) is 0. The molecule has 9 nitrogen and oxygen atoms in total. The highest BCUT2D eigenvalue weighted by Gasteiger charge is 2.40. The molecule has 1 saturated heterocycles. The Bertz CT molecular complexity index is 972. The lowest BCUT2D eigenvalue weighted by Gasteiger charge is -2.30. The van der Waals surface area contributed by atoms with E-state index in [0.717, 1.165) is 16.8 Å². The molecule has 0 saturated carbocycles. The number of hydrogen-bond acceptors (Lipinski definition) is 6. The van der Waals surface area contributed by atoms with Crippen molar-refractivity contribution in [3.05, 3.63) is 59.4 Å². The molecule has 31 heavy (non-hydrogen) atoms. The summed E-state index contributed by atoms with van der Waals surface area (Å²) in [4.78, 5) is 53.1. The zero-order chi connectivity index (χ0) is 22.4. The Morgan fingerprint density at radius 2 is 1.87 bits per heavy atom. The number of likely N-dealkylation sites (tertiary alicyclic amines) is 1. The van der Waals surface area contributed by atoms with Crippen molar-refractivity contribution in [2.24, 2.45) is 5.92 Å². The summed E-state index contributed by atoms with van der Waals surface area (Å²) >= 11 is 0. The number of amides is 2. The third-order valence-corrected chi connectivity index (χ3v) is 4.87. The van der Waals surface area contributed by atoms with Crippen molar-refractivity contribution in [3.8, 4) is 5.75 Å². The largest absolute Gasteiger partial charge is 0.487 e. The van der Waals surface area contributed by atoms with Crippen molar-refractivity contribution in [1.82, 2.24) is 15.2 Å². The van der Waals surface area contributed by atoms with Gasteiger partial charge in [0.2, 0.25) is 11.8 Å². The molecule has 0 radical (unpaired) electrons. The number of aromatic nitrogens is 1. The van der Waals surface area contributed by atoms with Crippen LogP contribution in [-0.2, 0) is 32.3 Å². The number of piperidine rings is 1. The monoisotopic (exact) mass is 425 g/mol. The lowest BCUT2D eigenvalue weighted by atomic mass is 9.94. The molecule has 1 atom stereocenters. The predicted octanol–water partition coefficient (Wildman–Crippen LogP) is 1.09. The highest BCUT2D eigenvalue weighted by molar-refractivity contribution is 6.19. The fourth-order valence-electron chi connectivity index (χ4n) is 3.17. The van der Waals surface area contributed by atoms with E-state index in [0.29, 0.717) is 12.4 Å². The molecule has 1 aromatic heterocycles. The number of nitrogens with zero attached hydrogens (tertiary/aromatic N) is 2. The van der Waals surface area contributed by atoms with Crippen LogP contribution in [0.25, 0.3) is 0 Å². The molecule has 1 fully saturated rings. The van der Waals surface area contributed by atoms with E-state index in [1.807, 2.05) is 43.3 Å². The second-order valence-electron chi connectivity index (χ2n) is 7.26. The van der Waals surface area contributed by atoms with Gasteiger partial charge in [-0.1, -0.05) is 24.3 Å². The lowest BCUT2D eigenvalue weighted by Crippen LogP contribution is -2.52. The van der Waals surface area contributed by atoms with E-state index in [1.54, 1.807) is 6.20 Å². The smallest absolute Gasteiger partial charge is 0.322 e. The van der Waals surface area contributed by atoms with Gasteiger partial charge in [-0.2, -0.15) is 0 Å². The molecule has 9 heteroatoms. The molecule has 0 spiro atoms. The van der Waals surface area contributed by atoms with Crippen LogP contribution in [-0.4, -0.2) is 51.6 Å². The van der Waals surface area contributed by atoms with Crippen LogP contribution in [0.15, 0.2) is 42.6 Å². The number of pyridine rings is 1. The van der Waals surface area contributed by atoms with Gasteiger partial charge in [-0.15, -0.1) is 0 Å². The molecule has 1 aliphatic heterocycles. The maximum absolute atomic E-state index is 12.6. The van der Waals surface area contributed by atoms with Crippen molar-refractivity contribution < 1.29 is 29.0 Å². The number of ether oxygens (including phenoxy) is 1. The molecule has 1 aliphatic rings. The van der Waals surface area contributed by atoms with Crippen molar-refractivity contribution in [2.45, 2.75) is 26.5 Å². The highest BCUT2D eigenvalue weighted by Crippen LogP contribution is 2.19. The molecule has 1 aromatic carbocycles. The molecular formula is C22H23N3O6. The highest BCUT2D eigenvalue weighted by atomic mass is 16.5. The minimum absolute atomic E-state index is 0.0490. The Hall–Kier alpha value is -3.75. The van der Waals surface area contributed by atoms with Crippen LogP contribution in [0.4, 0.5) is 0 Å². The summed E-state index contributed by atoms with van der Waals surface area (Å²) in [5.41, 5.74) is 2.69. The summed E-state index contributed by atoms with van der Waals surface area (Å²) in [6.45, 7) is 2.09. The fourth-order valence-corrected chi connectivity index (χ4v) is 3.17. The van der Waals surface area contributed by atoms with Gasteiger partial charge in [0.15, 0.2) is 11.7 Å². The van der Waals surface area contributed by atoms with Gasteiger partial charge in [0, 0.05) is 25.2 Å². The van der Waals surface area contributed by atoms with Crippen LogP contribution in [0, 0.1) is 12.8 Å². The van der Waals surface area contributed by atoms with Crippen LogP contribution >= 0.6 is 0 Å². The number of benzene rings is 1. The van der Waals surface area contributed by atoms with Gasteiger partial charge in [0.05, 0.1) is 6.20 Å². The van der Waals surface area contributed by atoms with Gasteiger partial charge in [0.1, 0.15) is 18.9 Å².